The summed E-state index contributed by atoms with van der Waals surface area (Å²) in [6.07, 6.45) is 41.3. The molecule has 1 atom stereocenters. The zero-order valence-corrected chi connectivity index (χ0v) is 33.6. The molecule has 0 radical (unpaired) electrons. The first-order chi connectivity index (χ1) is 23.8. The van der Waals surface area contributed by atoms with Gasteiger partial charge in [-0.15, -0.1) is 0 Å². The Hall–Kier alpha value is -1.39. The second-order valence-electron chi connectivity index (χ2n) is 14.6. The van der Waals surface area contributed by atoms with E-state index in [4.69, 9.17) is 23.3 Å². The van der Waals surface area contributed by atoms with E-state index < -0.39 is 21.4 Å². The Morgan fingerprint density at radius 2 is 0.760 bits per heavy atom. The number of aliphatic hydroxyl groups is 1. The number of ketones is 2. The lowest BCUT2D eigenvalue weighted by Crippen LogP contribution is -2.58. The highest BCUT2D eigenvalue weighted by molar-refractivity contribution is 7.79. The van der Waals surface area contributed by atoms with Crippen LogP contribution in [-0.2, 0) is 20.0 Å². The quantitative estimate of drug-likeness (QED) is 0.0221. The maximum Gasteiger partial charge on any atom is 0.394 e. The predicted octanol–water partition coefficient (Wildman–Crippen LogP) is 11.3. The highest BCUT2D eigenvalue weighted by atomic mass is 32.3. The molecule has 8 nitrogen and oxygen atoms in total. The molecule has 0 rings (SSSR count). The third kappa shape index (κ3) is 30.3. The summed E-state index contributed by atoms with van der Waals surface area (Å²) in [6, 6.07) is 0. The minimum atomic E-state index is -4.67. The summed E-state index contributed by atoms with van der Waals surface area (Å²) in [5.74, 6) is -0.290. The largest absolute Gasteiger partial charge is 0.394 e. The minimum absolute atomic E-state index is 0.0975. The van der Waals surface area contributed by atoms with Crippen LogP contribution in [0.1, 0.15) is 207 Å². The van der Waals surface area contributed by atoms with Gasteiger partial charge in [0.15, 0.2) is 0 Å². The van der Waals surface area contributed by atoms with Gasteiger partial charge in [-0.05, 0) is 78.1 Å². The average molecular weight is 730 g/mol. The van der Waals surface area contributed by atoms with Crippen molar-refractivity contribution in [2.24, 2.45) is 11.1 Å². The molecule has 0 spiro atoms. The van der Waals surface area contributed by atoms with E-state index in [-0.39, 0.29) is 18.1 Å². The van der Waals surface area contributed by atoms with E-state index in [1.54, 1.807) is 13.8 Å². The van der Waals surface area contributed by atoms with Gasteiger partial charge in [0.05, 0.1) is 5.60 Å². The van der Waals surface area contributed by atoms with Crippen LogP contribution in [0, 0.1) is 5.41 Å². The maximum absolute atomic E-state index is 13.4. The smallest absolute Gasteiger partial charge is 0.387 e. The first kappa shape index (κ1) is 50.7. The van der Waals surface area contributed by atoms with Crippen LogP contribution >= 0.6 is 0 Å². The van der Waals surface area contributed by atoms with Crippen molar-refractivity contribution in [3.8, 4) is 0 Å². The molecule has 0 amide bonds. The Morgan fingerprint density at radius 1 is 0.520 bits per heavy atom. The number of Topliss-reactive ketones (excluding diaryl/α,β-unsaturated/α-hetero) is 2. The van der Waals surface area contributed by atoms with Crippen LogP contribution < -0.4 is 5.73 Å². The minimum Gasteiger partial charge on any atom is -0.387 e. The van der Waals surface area contributed by atoms with Gasteiger partial charge in [-0.3, -0.25) is 18.7 Å². The molecule has 0 heterocycles. The zero-order chi connectivity index (χ0) is 38.0. The summed E-state index contributed by atoms with van der Waals surface area (Å²) >= 11 is 0. The SMILES string of the molecule is CCCCCCCC/C=C\CCCCCCCC(=O)C(C)(C(=O)CCCCCCC/C=C\CCCCCCCC)C(C)(O)CN.O=S(=O)(O)O. The van der Waals surface area contributed by atoms with Gasteiger partial charge < -0.3 is 10.8 Å². The van der Waals surface area contributed by atoms with E-state index >= 15 is 0 Å². The lowest BCUT2D eigenvalue weighted by molar-refractivity contribution is -0.156. The first-order valence-electron chi connectivity index (χ1n) is 20.3. The van der Waals surface area contributed by atoms with E-state index in [1.165, 1.54) is 116 Å². The van der Waals surface area contributed by atoms with Gasteiger partial charge >= 0.3 is 10.4 Å². The molecule has 0 aromatic rings. The Morgan fingerprint density at radius 3 is 1.02 bits per heavy atom. The van der Waals surface area contributed by atoms with Crippen molar-refractivity contribution in [3.05, 3.63) is 24.3 Å². The number of nitrogens with two attached hydrogens (primary N) is 1. The van der Waals surface area contributed by atoms with Gasteiger partial charge in [0.2, 0.25) is 0 Å². The van der Waals surface area contributed by atoms with Crippen molar-refractivity contribution in [2.75, 3.05) is 6.54 Å². The highest BCUT2D eigenvalue weighted by Gasteiger charge is 2.52. The standard InChI is InChI=1S/C41H77NO3.H2O4S/c1-5-7-9-11-13-15-17-19-21-23-25-27-29-31-33-35-38(43)41(4,40(3,45)37-42)39(44)36-34-32-30-28-26-24-22-20-18-16-14-12-10-8-6-2;1-5(2,3)4/h19-22,45H,5-18,23-37,42H2,1-4H3;(H2,1,2,3,4)/b21-19-,22-20-;. The monoisotopic (exact) mass is 730 g/mol. The second-order valence-corrected chi connectivity index (χ2v) is 15.5. The number of carbonyl (C=O) groups excluding carboxylic acids is 2. The van der Waals surface area contributed by atoms with Gasteiger partial charge in [0, 0.05) is 19.4 Å². The molecule has 0 saturated carbocycles. The number of carbonyl (C=O) groups is 2. The first-order valence-corrected chi connectivity index (χ1v) is 21.7. The van der Waals surface area contributed by atoms with Crippen LogP contribution in [0.2, 0.25) is 0 Å². The number of allylic oxidation sites excluding steroid dienone is 4. The number of rotatable bonds is 34. The van der Waals surface area contributed by atoms with Crippen molar-refractivity contribution in [1.82, 2.24) is 0 Å². The van der Waals surface area contributed by atoms with Crippen LogP contribution in [0.4, 0.5) is 0 Å². The molecule has 0 aliphatic carbocycles. The molecular formula is C41H79NO7S. The number of unbranched alkanes of at least 4 members (excludes halogenated alkanes) is 22. The van der Waals surface area contributed by atoms with Crippen molar-refractivity contribution in [1.29, 1.82) is 0 Å². The van der Waals surface area contributed by atoms with E-state index in [0.717, 1.165) is 51.4 Å². The van der Waals surface area contributed by atoms with E-state index in [2.05, 4.69) is 38.2 Å². The lowest BCUT2D eigenvalue weighted by Gasteiger charge is -2.39. The molecule has 1 unspecified atom stereocenters. The fourth-order valence-electron chi connectivity index (χ4n) is 6.17. The van der Waals surface area contributed by atoms with Crippen LogP contribution in [0.15, 0.2) is 24.3 Å². The molecule has 0 aliphatic rings. The molecular weight excluding hydrogens is 651 g/mol. The van der Waals surface area contributed by atoms with Gasteiger partial charge in [-0.25, -0.2) is 0 Å². The molecule has 0 aromatic carbocycles. The Bertz CT molecular complexity index is 915. The Labute approximate surface area is 308 Å². The normalized spacial score (nSPS) is 13.4. The summed E-state index contributed by atoms with van der Waals surface area (Å²) in [7, 11) is -4.67. The highest BCUT2D eigenvalue weighted by Crippen LogP contribution is 2.36. The summed E-state index contributed by atoms with van der Waals surface area (Å²) in [6.45, 7) is 7.62. The van der Waals surface area contributed by atoms with Crippen molar-refractivity contribution >= 4 is 22.0 Å². The Balaban J connectivity index is 0. The van der Waals surface area contributed by atoms with Gasteiger partial charge in [-0.2, -0.15) is 8.42 Å². The maximum atomic E-state index is 13.4. The molecule has 9 heteroatoms. The van der Waals surface area contributed by atoms with E-state index in [9.17, 15) is 14.7 Å². The third-order valence-corrected chi connectivity index (χ3v) is 9.92. The van der Waals surface area contributed by atoms with Gasteiger partial charge in [-0.1, -0.05) is 141 Å². The fraction of sp³-hybridized carbons (Fsp3) is 0.854. The van der Waals surface area contributed by atoms with E-state index in [1.807, 2.05) is 0 Å². The fourth-order valence-corrected chi connectivity index (χ4v) is 6.17. The van der Waals surface area contributed by atoms with Crippen LogP contribution in [0.25, 0.3) is 0 Å². The zero-order valence-electron chi connectivity index (χ0n) is 32.8. The summed E-state index contributed by atoms with van der Waals surface area (Å²) in [4.78, 5) is 26.7. The molecule has 0 bridgehead atoms. The molecule has 50 heavy (non-hydrogen) atoms. The van der Waals surface area contributed by atoms with Crippen LogP contribution in [0.3, 0.4) is 0 Å². The summed E-state index contributed by atoms with van der Waals surface area (Å²) in [5.41, 5.74) is 2.92. The summed E-state index contributed by atoms with van der Waals surface area (Å²) < 4.78 is 31.6. The predicted molar refractivity (Wildman–Crippen MR) is 211 cm³/mol. The molecule has 0 saturated heterocycles. The number of hydrogen-bond donors (Lipinski definition) is 4. The summed E-state index contributed by atoms with van der Waals surface area (Å²) in [5, 5.41) is 11.1. The second kappa shape index (κ2) is 33.4. The Kier molecular flexibility index (Phi) is 33.9. The molecule has 0 aliphatic heterocycles. The lowest BCUT2D eigenvalue weighted by atomic mass is 9.66. The van der Waals surface area contributed by atoms with Crippen molar-refractivity contribution in [2.45, 2.75) is 213 Å². The molecule has 0 aromatic heterocycles. The van der Waals surface area contributed by atoms with Crippen LogP contribution in [0.5, 0.6) is 0 Å². The van der Waals surface area contributed by atoms with Gasteiger partial charge in [0.25, 0.3) is 0 Å². The van der Waals surface area contributed by atoms with Crippen LogP contribution in [-0.4, -0.2) is 46.3 Å². The molecule has 5 N–H and O–H groups in total. The van der Waals surface area contributed by atoms with Crippen molar-refractivity contribution < 1.29 is 32.2 Å². The van der Waals surface area contributed by atoms with Crippen molar-refractivity contribution in [3.63, 3.8) is 0 Å². The van der Waals surface area contributed by atoms with E-state index in [0.29, 0.717) is 12.8 Å². The third-order valence-electron chi connectivity index (χ3n) is 9.92. The molecule has 0 fully saturated rings. The topological polar surface area (TPSA) is 155 Å². The van der Waals surface area contributed by atoms with Gasteiger partial charge in [0.1, 0.15) is 17.0 Å². The molecule has 296 valence electrons. The number of hydrogen-bond acceptors (Lipinski definition) is 6. The average Bonchev–Trinajstić information content (AvgIpc) is 3.06.